The zero-order chi connectivity index (χ0) is 15.3. The highest BCUT2D eigenvalue weighted by Gasteiger charge is 2.36. The highest BCUT2D eigenvalue weighted by molar-refractivity contribution is 7.10. The molecule has 1 heterocycles. The summed E-state index contributed by atoms with van der Waals surface area (Å²) in [7, 11) is 1.78. The van der Waals surface area contributed by atoms with Crippen LogP contribution in [0, 0.1) is 0 Å². The molecule has 118 valence electrons. The highest BCUT2D eigenvalue weighted by Crippen LogP contribution is 2.42. The molecule has 0 aromatic carbocycles. The van der Waals surface area contributed by atoms with Crippen LogP contribution < -0.4 is 5.32 Å². The number of carbonyl (C=O) groups excluding carboxylic acids is 1. The lowest BCUT2D eigenvalue weighted by atomic mass is 9.84. The molecule has 2 amide bonds. The second kappa shape index (κ2) is 7.27. The Kier molecular flexibility index (Phi) is 5.65. The molecule has 1 aliphatic rings. The number of carbonyl (C=O) groups is 1. The van der Waals surface area contributed by atoms with Crippen molar-refractivity contribution in [3.05, 3.63) is 22.4 Å². The fourth-order valence-electron chi connectivity index (χ4n) is 3.00. The van der Waals surface area contributed by atoms with Crippen molar-refractivity contribution >= 4 is 17.4 Å². The average molecular weight is 310 g/mol. The molecule has 0 bridgehead atoms. The minimum atomic E-state index is -0.368. The van der Waals surface area contributed by atoms with Gasteiger partial charge in [-0.2, -0.15) is 0 Å². The number of aliphatic hydroxyl groups excluding tert-OH is 1. The van der Waals surface area contributed by atoms with Crippen LogP contribution in [0.15, 0.2) is 17.5 Å². The number of thiophene rings is 1. The number of nitrogens with one attached hydrogen (secondary N) is 1. The first-order chi connectivity index (χ1) is 10.0. The predicted molar refractivity (Wildman–Crippen MR) is 86.8 cm³/mol. The van der Waals surface area contributed by atoms with Crippen LogP contribution in [0.5, 0.6) is 0 Å². The van der Waals surface area contributed by atoms with Crippen LogP contribution in [0.25, 0.3) is 0 Å². The maximum Gasteiger partial charge on any atom is 0.317 e. The Morgan fingerprint density at radius 2 is 2.24 bits per heavy atom. The molecule has 1 aromatic rings. The van der Waals surface area contributed by atoms with Gasteiger partial charge in [0.25, 0.3) is 0 Å². The maximum absolute atomic E-state index is 12.2. The second-order valence-corrected chi connectivity index (χ2v) is 7.13. The van der Waals surface area contributed by atoms with E-state index >= 15 is 0 Å². The number of hydrogen-bond donors (Lipinski definition) is 2. The molecule has 1 aromatic heterocycles. The van der Waals surface area contributed by atoms with Crippen LogP contribution in [-0.4, -0.2) is 42.3 Å². The maximum atomic E-state index is 12.2. The Hall–Kier alpha value is -1.07. The predicted octanol–water partition coefficient (Wildman–Crippen LogP) is 2.97. The molecule has 1 fully saturated rings. The van der Waals surface area contributed by atoms with E-state index in [2.05, 4.69) is 22.8 Å². The first-order valence-electron chi connectivity index (χ1n) is 7.74. The van der Waals surface area contributed by atoms with Crippen molar-refractivity contribution in [2.45, 2.75) is 50.5 Å². The fraction of sp³-hybridized carbons (Fsp3) is 0.688. The lowest BCUT2D eigenvalue weighted by Crippen LogP contribution is -2.44. The molecule has 4 nitrogen and oxygen atoms in total. The van der Waals surface area contributed by atoms with Gasteiger partial charge in [0.05, 0.1) is 6.10 Å². The van der Waals surface area contributed by atoms with Crippen LogP contribution in [0.3, 0.4) is 0 Å². The third-order valence-electron chi connectivity index (χ3n) is 4.41. The van der Waals surface area contributed by atoms with E-state index in [0.29, 0.717) is 19.5 Å². The van der Waals surface area contributed by atoms with Gasteiger partial charge < -0.3 is 15.3 Å². The van der Waals surface area contributed by atoms with E-state index in [-0.39, 0.29) is 17.6 Å². The van der Waals surface area contributed by atoms with Crippen LogP contribution >= 0.6 is 11.3 Å². The van der Waals surface area contributed by atoms with E-state index in [9.17, 15) is 9.90 Å². The van der Waals surface area contributed by atoms with Crippen molar-refractivity contribution < 1.29 is 9.90 Å². The molecule has 2 rings (SSSR count). The van der Waals surface area contributed by atoms with Gasteiger partial charge in [0.15, 0.2) is 0 Å². The average Bonchev–Trinajstić information content (AvgIpc) is 3.13. The Morgan fingerprint density at radius 1 is 1.52 bits per heavy atom. The second-order valence-electron chi connectivity index (χ2n) is 6.18. The Labute approximate surface area is 131 Å². The number of urea groups is 1. The van der Waals surface area contributed by atoms with Crippen LogP contribution in [-0.2, 0) is 5.41 Å². The molecule has 5 heteroatoms. The van der Waals surface area contributed by atoms with Crippen molar-refractivity contribution in [3.63, 3.8) is 0 Å². The third-order valence-corrected chi connectivity index (χ3v) is 5.53. The zero-order valence-corrected chi connectivity index (χ0v) is 13.8. The molecular weight excluding hydrogens is 284 g/mol. The summed E-state index contributed by atoms with van der Waals surface area (Å²) in [4.78, 5) is 15.2. The molecule has 0 radical (unpaired) electrons. The van der Waals surface area contributed by atoms with E-state index < -0.39 is 0 Å². The SMILES string of the molecule is C[C@@H](O)CCN(C)C(=O)NCC1(c2cccs2)CCCC1. The van der Waals surface area contributed by atoms with Gasteiger partial charge in [0.1, 0.15) is 0 Å². The number of nitrogens with zero attached hydrogens (tertiary/aromatic N) is 1. The van der Waals surface area contributed by atoms with Crippen molar-refractivity contribution in [1.29, 1.82) is 0 Å². The van der Waals surface area contributed by atoms with Gasteiger partial charge in [-0.1, -0.05) is 18.9 Å². The van der Waals surface area contributed by atoms with E-state index in [4.69, 9.17) is 0 Å². The summed E-state index contributed by atoms with van der Waals surface area (Å²) in [5.74, 6) is 0. The van der Waals surface area contributed by atoms with Gasteiger partial charge >= 0.3 is 6.03 Å². The quantitative estimate of drug-likeness (QED) is 0.849. The molecular formula is C16H26N2O2S. The summed E-state index contributed by atoms with van der Waals surface area (Å²) in [6.45, 7) is 3.04. The van der Waals surface area contributed by atoms with E-state index in [1.807, 2.05) is 0 Å². The van der Waals surface area contributed by atoms with Gasteiger partial charge in [-0.3, -0.25) is 0 Å². The van der Waals surface area contributed by atoms with Crippen molar-refractivity contribution in [2.75, 3.05) is 20.1 Å². The monoisotopic (exact) mass is 310 g/mol. The molecule has 1 atom stereocenters. The summed E-state index contributed by atoms with van der Waals surface area (Å²) in [5, 5.41) is 14.5. The lowest BCUT2D eigenvalue weighted by molar-refractivity contribution is 0.162. The zero-order valence-electron chi connectivity index (χ0n) is 13.0. The van der Waals surface area contributed by atoms with Gasteiger partial charge in [0, 0.05) is 30.4 Å². The lowest BCUT2D eigenvalue weighted by Gasteiger charge is -2.29. The summed E-state index contributed by atoms with van der Waals surface area (Å²) in [5.41, 5.74) is 0.134. The molecule has 0 aliphatic heterocycles. The molecule has 0 saturated heterocycles. The Morgan fingerprint density at radius 3 is 2.81 bits per heavy atom. The molecule has 1 saturated carbocycles. The van der Waals surface area contributed by atoms with Crippen LogP contribution in [0.1, 0.15) is 43.9 Å². The van der Waals surface area contributed by atoms with Crippen LogP contribution in [0.4, 0.5) is 4.79 Å². The van der Waals surface area contributed by atoms with Crippen molar-refractivity contribution in [2.24, 2.45) is 0 Å². The number of aliphatic hydroxyl groups is 1. The van der Waals surface area contributed by atoms with Crippen molar-refractivity contribution in [1.82, 2.24) is 10.2 Å². The summed E-state index contributed by atoms with van der Waals surface area (Å²) in [6.07, 6.45) is 5.04. The number of amides is 2. The van der Waals surface area contributed by atoms with E-state index in [0.717, 1.165) is 12.8 Å². The molecule has 1 aliphatic carbocycles. The summed E-state index contributed by atoms with van der Waals surface area (Å²) < 4.78 is 0. The Balaban J connectivity index is 1.89. The van der Waals surface area contributed by atoms with Gasteiger partial charge in [-0.15, -0.1) is 11.3 Å². The van der Waals surface area contributed by atoms with Gasteiger partial charge in [-0.25, -0.2) is 4.79 Å². The third kappa shape index (κ3) is 4.20. The van der Waals surface area contributed by atoms with Gasteiger partial charge in [-0.05, 0) is 37.6 Å². The fourth-order valence-corrected chi connectivity index (χ4v) is 3.99. The van der Waals surface area contributed by atoms with E-state index in [1.54, 1.807) is 30.2 Å². The summed E-state index contributed by atoms with van der Waals surface area (Å²) >= 11 is 1.80. The minimum Gasteiger partial charge on any atom is -0.393 e. The van der Waals surface area contributed by atoms with E-state index in [1.165, 1.54) is 17.7 Å². The minimum absolute atomic E-state index is 0.0431. The Bertz CT molecular complexity index is 439. The molecule has 0 unspecified atom stereocenters. The summed E-state index contributed by atoms with van der Waals surface area (Å²) in [6, 6.07) is 4.24. The number of rotatable bonds is 6. The smallest absolute Gasteiger partial charge is 0.317 e. The standard InChI is InChI=1S/C16H26N2O2S/c1-13(19)7-10-18(2)15(20)17-12-16(8-3-4-9-16)14-6-5-11-21-14/h5-6,11,13,19H,3-4,7-10,12H2,1-2H3,(H,17,20)/t13-/m1/s1. The topological polar surface area (TPSA) is 52.6 Å². The highest BCUT2D eigenvalue weighted by atomic mass is 32.1. The molecule has 21 heavy (non-hydrogen) atoms. The van der Waals surface area contributed by atoms with Crippen LogP contribution in [0.2, 0.25) is 0 Å². The molecule has 0 spiro atoms. The first kappa shape index (κ1) is 16.3. The number of hydrogen-bond acceptors (Lipinski definition) is 3. The normalized spacial score (nSPS) is 18.4. The van der Waals surface area contributed by atoms with Gasteiger partial charge in [0.2, 0.25) is 0 Å². The largest absolute Gasteiger partial charge is 0.393 e. The van der Waals surface area contributed by atoms with Crippen molar-refractivity contribution in [3.8, 4) is 0 Å². The first-order valence-corrected chi connectivity index (χ1v) is 8.62. The molecule has 2 N–H and O–H groups in total.